The van der Waals surface area contributed by atoms with Gasteiger partial charge in [0, 0.05) is 24.4 Å². The summed E-state index contributed by atoms with van der Waals surface area (Å²) >= 11 is 0. The van der Waals surface area contributed by atoms with Crippen molar-refractivity contribution in [1.82, 2.24) is 14.9 Å². The van der Waals surface area contributed by atoms with Gasteiger partial charge in [-0.1, -0.05) is 311 Å². The molecule has 0 N–H and O–H groups in total. The number of carbonyl (C=O) groups excluding carboxylic acids is 2. The fraction of sp³-hybridized carbons (Fsp3) is 0.493. The van der Waals surface area contributed by atoms with Gasteiger partial charge in [0.1, 0.15) is 5.82 Å². The minimum absolute atomic E-state index is 0. The van der Waals surface area contributed by atoms with Crippen LogP contribution in [0.4, 0.5) is 0 Å². The lowest BCUT2D eigenvalue weighted by atomic mass is 9.87. The smallest absolute Gasteiger partial charge is 0.261 e. The van der Waals surface area contributed by atoms with Gasteiger partial charge in [-0.15, -0.1) is 0 Å². The van der Waals surface area contributed by atoms with Crippen LogP contribution in [0.3, 0.4) is 0 Å². The van der Waals surface area contributed by atoms with Crippen molar-refractivity contribution in [2.75, 3.05) is 0 Å². The molecule has 0 saturated heterocycles. The summed E-state index contributed by atoms with van der Waals surface area (Å²) < 4.78 is 0. The Morgan fingerprint density at radius 2 is 0.855 bits per heavy atom. The van der Waals surface area contributed by atoms with Crippen molar-refractivity contribution < 1.29 is 9.59 Å². The maximum Gasteiger partial charge on any atom is 0.261 e. The van der Waals surface area contributed by atoms with E-state index in [9.17, 15) is 9.59 Å². The van der Waals surface area contributed by atoms with Crippen molar-refractivity contribution in [2.45, 2.75) is 234 Å². The summed E-state index contributed by atoms with van der Waals surface area (Å²) in [5, 5.41) is 2.67. The molecular formula is C71H123N3O2. The van der Waals surface area contributed by atoms with E-state index in [-0.39, 0.29) is 62.4 Å². The van der Waals surface area contributed by atoms with Gasteiger partial charge >= 0.3 is 0 Å². The van der Waals surface area contributed by atoms with E-state index < -0.39 is 0 Å². The van der Waals surface area contributed by atoms with Crippen molar-refractivity contribution in [1.29, 1.82) is 0 Å². The van der Waals surface area contributed by atoms with E-state index in [0.29, 0.717) is 34.3 Å². The van der Waals surface area contributed by atoms with Gasteiger partial charge in [-0.3, -0.25) is 14.5 Å². The highest BCUT2D eigenvalue weighted by Gasteiger charge is 2.36. The van der Waals surface area contributed by atoms with Crippen molar-refractivity contribution in [3.8, 4) is 0 Å². The standard InChI is InChI=1S/C13H14.C12H14.C11H11NO2.C10H14.C7H10N2.6C2H6.6CH4/c1-10(2)12-8-7-11-5-3-4-6-13(11)9-12;1-9(2)12-7-10-5-3-4-6-11(10)8-12;1-7(2)12-10(13)8-5-3-4-6-9(8)11(12)14;1-10(2,3)9-7-5-4-6-8-9;1-6(2)7-8-4-3-5-9-7;6*1-2;;;;;;/h3-10H,1-2H3;3-7,9H,8H2,1-2H3;3-7H,1-2H3;4-8H,1-3H3;3-6H,1-2H3;6*1-2H3;6*1H4. The second kappa shape index (κ2) is 52.7. The Morgan fingerprint density at radius 1 is 0.447 bits per heavy atom. The normalized spacial score (nSPS) is 10.2. The zero-order valence-corrected chi connectivity index (χ0v) is 48.5. The van der Waals surface area contributed by atoms with Gasteiger partial charge in [-0.2, -0.15) is 0 Å². The number of nitrogens with zero attached hydrogens (tertiary/aromatic N) is 3. The van der Waals surface area contributed by atoms with Crippen LogP contribution in [0.15, 0.2) is 145 Å². The van der Waals surface area contributed by atoms with Gasteiger partial charge < -0.3 is 0 Å². The maximum absolute atomic E-state index is 11.8. The van der Waals surface area contributed by atoms with Crippen LogP contribution in [-0.2, 0) is 11.8 Å². The lowest BCUT2D eigenvalue weighted by molar-refractivity contribution is 0.0609. The molecule has 76 heavy (non-hydrogen) atoms. The molecule has 6 aromatic rings. The van der Waals surface area contributed by atoms with Crippen molar-refractivity contribution in [3.63, 3.8) is 0 Å². The number of allylic oxidation sites excluding steroid dienone is 1. The van der Waals surface area contributed by atoms with Gasteiger partial charge in [0.25, 0.3) is 11.8 Å². The molecule has 5 nitrogen and oxygen atoms in total. The highest BCUT2D eigenvalue weighted by Crippen LogP contribution is 2.29. The summed E-state index contributed by atoms with van der Waals surface area (Å²) in [4.78, 5) is 32.9. The van der Waals surface area contributed by atoms with Crippen molar-refractivity contribution >= 4 is 28.7 Å². The number of hydrogen-bond acceptors (Lipinski definition) is 4. The zero-order valence-electron chi connectivity index (χ0n) is 48.5. The van der Waals surface area contributed by atoms with E-state index in [4.69, 9.17) is 0 Å². The van der Waals surface area contributed by atoms with Gasteiger partial charge in [0.2, 0.25) is 0 Å². The van der Waals surface area contributed by atoms with Gasteiger partial charge in [0.15, 0.2) is 0 Å². The van der Waals surface area contributed by atoms with E-state index in [1.54, 1.807) is 42.2 Å². The Bertz CT molecular complexity index is 2210. The molecule has 0 fully saturated rings. The fourth-order valence-corrected chi connectivity index (χ4v) is 6.47. The highest BCUT2D eigenvalue weighted by molar-refractivity contribution is 6.21. The summed E-state index contributed by atoms with van der Waals surface area (Å²) in [7, 11) is 0. The van der Waals surface area contributed by atoms with Crippen molar-refractivity contribution in [3.05, 3.63) is 185 Å². The number of hydrogen-bond donors (Lipinski definition) is 0. The van der Waals surface area contributed by atoms with E-state index >= 15 is 0 Å². The van der Waals surface area contributed by atoms with Crippen LogP contribution in [0.1, 0.15) is 264 Å². The van der Waals surface area contributed by atoms with E-state index in [0.717, 1.165) is 12.2 Å². The van der Waals surface area contributed by atoms with Gasteiger partial charge in [-0.25, -0.2) is 9.97 Å². The molecule has 434 valence electrons. The molecule has 0 saturated carbocycles. The first-order valence-corrected chi connectivity index (χ1v) is 26.6. The summed E-state index contributed by atoms with van der Waals surface area (Å²) in [6.07, 6.45) is 7.03. The van der Waals surface area contributed by atoms with Crippen LogP contribution in [0.2, 0.25) is 0 Å². The van der Waals surface area contributed by atoms with Crippen LogP contribution >= 0.6 is 0 Å². The Morgan fingerprint density at radius 3 is 1.22 bits per heavy atom. The van der Waals surface area contributed by atoms with Crippen molar-refractivity contribution in [2.24, 2.45) is 5.92 Å². The molecular weight excluding hydrogens is 927 g/mol. The number of rotatable bonds is 4. The summed E-state index contributed by atoms with van der Waals surface area (Å²) in [6, 6.07) is 43.1. The average molecular weight is 1050 g/mol. The molecule has 1 aliphatic heterocycles. The number of carbonyl (C=O) groups is 2. The van der Waals surface area contributed by atoms with Crippen LogP contribution in [0.5, 0.6) is 0 Å². The van der Waals surface area contributed by atoms with Crippen LogP contribution in [0.25, 0.3) is 16.8 Å². The molecule has 5 aromatic carbocycles. The predicted octanol–water partition coefficient (Wildman–Crippen LogP) is 23.5. The molecule has 0 bridgehead atoms. The Kier molecular flexibility index (Phi) is 62.4. The molecule has 1 aliphatic carbocycles. The third kappa shape index (κ3) is 32.0. The number of aromatic nitrogens is 2. The summed E-state index contributed by atoms with van der Waals surface area (Å²) in [5.41, 5.74) is 8.62. The van der Waals surface area contributed by atoms with E-state index in [1.807, 2.05) is 103 Å². The molecule has 0 radical (unpaired) electrons. The molecule has 1 aromatic heterocycles. The Hall–Kier alpha value is -5.68. The number of fused-ring (bicyclic) bond motifs is 3. The zero-order chi connectivity index (χ0) is 54.4. The first-order valence-electron chi connectivity index (χ1n) is 26.6. The van der Waals surface area contributed by atoms with Crippen LogP contribution < -0.4 is 0 Å². The SMILES string of the molecule is C.C.C.C.C.C.CC.CC.CC.CC.CC.CC.CC(C)(C)c1ccccc1.CC(C)C1=Cc2ccccc2C1.CC(C)N1C(=O)c2ccccc2C1=O.CC(C)c1ccc2ccccc2c1.CC(C)c1ncccn1. The maximum atomic E-state index is 11.8. The minimum atomic E-state index is -0.180. The Balaban J connectivity index is -0.0000000990. The van der Waals surface area contributed by atoms with Crippen LogP contribution in [0, 0.1) is 5.92 Å². The topological polar surface area (TPSA) is 63.2 Å². The largest absolute Gasteiger partial charge is 0.272 e. The second-order valence-electron chi connectivity index (χ2n) is 17.0. The van der Waals surface area contributed by atoms with Gasteiger partial charge in [-0.05, 0) is 88.7 Å². The predicted molar refractivity (Wildman–Crippen MR) is 353 cm³/mol. The molecule has 2 aliphatic rings. The molecule has 2 amide bonds. The molecule has 0 atom stereocenters. The average Bonchev–Trinajstić information content (AvgIpc) is 3.97. The minimum Gasteiger partial charge on any atom is -0.272 e. The summed E-state index contributed by atoms with van der Waals surface area (Å²) in [5.74, 6) is 2.30. The Labute approximate surface area is 474 Å². The second-order valence-corrected chi connectivity index (χ2v) is 17.0. The summed E-state index contributed by atoms with van der Waals surface area (Å²) in [6.45, 7) is 47.5. The monoisotopic (exact) mass is 1050 g/mol. The molecule has 2 heterocycles. The quantitative estimate of drug-likeness (QED) is 0.165. The van der Waals surface area contributed by atoms with E-state index in [1.165, 1.54) is 37.9 Å². The van der Waals surface area contributed by atoms with Gasteiger partial charge in [0.05, 0.1) is 11.1 Å². The molecule has 5 heteroatoms. The number of amides is 2. The first-order chi connectivity index (χ1) is 33.6. The van der Waals surface area contributed by atoms with E-state index in [2.05, 4.69) is 175 Å². The molecule has 0 unspecified atom stereocenters. The van der Waals surface area contributed by atoms with Crippen LogP contribution in [-0.4, -0.2) is 32.7 Å². The first kappa shape index (κ1) is 89.9. The lowest BCUT2D eigenvalue weighted by Crippen LogP contribution is -2.35. The lowest BCUT2D eigenvalue weighted by Gasteiger charge is -2.18. The molecule has 8 rings (SSSR count). The highest BCUT2D eigenvalue weighted by atomic mass is 16.2. The third-order valence-electron chi connectivity index (χ3n) is 10.1. The number of benzene rings is 5. The molecule has 0 spiro atoms. The fourth-order valence-electron chi connectivity index (χ4n) is 6.47. The number of imide groups is 1. The third-order valence-corrected chi connectivity index (χ3v) is 10.1.